The number of anilines is 1. The van der Waals surface area contributed by atoms with E-state index in [2.05, 4.69) is 10.6 Å². The highest BCUT2D eigenvalue weighted by Crippen LogP contribution is 2.40. The van der Waals surface area contributed by atoms with E-state index in [1.54, 1.807) is 0 Å². The van der Waals surface area contributed by atoms with Crippen molar-refractivity contribution in [3.63, 3.8) is 0 Å². The number of hydrogen-bond donors (Lipinski definition) is 2. The summed E-state index contributed by atoms with van der Waals surface area (Å²) in [7, 11) is 0. The summed E-state index contributed by atoms with van der Waals surface area (Å²) in [4.78, 5) is 12.6. The number of rotatable bonds is 3. The molecule has 5 atom stereocenters. The van der Waals surface area contributed by atoms with E-state index in [-0.39, 0.29) is 12.1 Å². The zero-order valence-corrected chi connectivity index (χ0v) is 15.9. The number of benzene rings is 1. The van der Waals surface area contributed by atoms with Crippen LogP contribution in [0.2, 0.25) is 0 Å². The van der Waals surface area contributed by atoms with Gasteiger partial charge in [0.15, 0.2) is 17.9 Å². The lowest BCUT2D eigenvalue weighted by atomic mass is 10.0. The summed E-state index contributed by atoms with van der Waals surface area (Å²) < 4.78 is 29.5. The highest BCUT2D eigenvalue weighted by molar-refractivity contribution is 5.89. The lowest BCUT2D eigenvalue weighted by molar-refractivity contribution is -0.223. The fraction of sp³-hybridized carbons (Fsp3) is 0.632. The second-order valence-electron chi connectivity index (χ2n) is 7.93. The Balaban J connectivity index is 1.49. The monoisotopic (exact) mass is 378 g/mol. The molecule has 148 valence electrons. The van der Waals surface area contributed by atoms with Gasteiger partial charge in [0.05, 0.1) is 12.6 Å². The fourth-order valence-corrected chi connectivity index (χ4v) is 3.73. The zero-order chi connectivity index (χ0) is 19.2. The SMILES string of the molecule is CC1(C)OC[C@H]([C@H]2OC3OC(C)(C)O[C@@H]3[C@H]2NC(=O)Nc2ccccc2)O1. The van der Waals surface area contributed by atoms with Crippen molar-refractivity contribution in [3.8, 4) is 0 Å². The second kappa shape index (κ2) is 6.72. The number of para-hydroxylation sites is 1. The van der Waals surface area contributed by atoms with Crippen LogP contribution >= 0.6 is 0 Å². The molecule has 0 aliphatic carbocycles. The molecule has 3 aliphatic heterocycles. The summed E-state index contributed by atoms with van der Waals surface area (Å²) >= 11 is 0. The van der Waals surface area contributed by atoms with Gasteiger partial charge in [0.2, 0.25) is 0 Å². The molecule has 0 spiro atoms. The largest absolute Gasteiger partial charge is 0.348 e. The molecule has 4 rings (SSSR count). The molecule has 3 aliphatic rings. The Morgan fingerprint density at radius 2 is 1.74 bits per heavy atom. The summed E-state index contributed by atoms with van der Waals surface area (Å²) in [6.45, 7) is 7.72. The molecule has 3 fully saturated rings. The number of carbonyl (C=O) groups is 1. The van der Waals surface area contributed by atoms with Crippen molar-refractivity contribution in [2.75, 3.05) is 11.9 Å². The maximum atomic E-state index is 12.6. The Morgan fingerprint density at radius 1 is 1.00 bits per heavy atom. The minimum Gasteiger partial charge on any atom is -0.348 e. The summed E-state index contributed by atoms with van der Waals surface area (Å²) in [5.41, 5.74) is 0.701. The molecule has 0 aromatic heterocycles. The number of urea groups is 1. The highest BCUT2D eigenvalue weighted by atomic mass is 16.8. The van der Waals surface area contributed by atoms with Crippen LogP contribution in [0.15, 0.2) is 30.3 Å². The Hall–Kier alpha value is -1.71. The Bertz CT molecular complexity index is 695. The predicted molar refractivity (Wildman–Crippen MR) is 96.0 cm³/mol. The van der Waals surface area contributed by atoms with E-state index in [1.807, 2.05) is 58.0 Å². The molecule has 2 amide bonds. The second-order valence-corrected chi connectivity index (χ2v) is 7.93. The van der Waals surface area contributed by atoms with Crippen LogP contribution in [0, 0.1) is 0 Å². The van der Waals surface area contributed by atoms with Gasteiger partial charge in [-0.25, -0.2) is 4.79 Å². The van der Waals surface area contributed by atoms with Crippen molar-refractivity contribution < 1.29 is 28.5 Å². The maximum Gasteiger partial charge on any atom is 0.319 e. The maximum absolute atomic E-state index is 12.6. The van der Waals surface area contributed by atoms with E-state index >= 15 is 0 Å². The first-order chi connectivity index (χ1) is 12.7. The predicted octanol–water partition coefficient (Wildman–Crippen LogP) is 2.20. The van der Waals surface area contributed by atoms with Gasteiger partial charge >= 0.3 is 6.03 Å². The first-order valence-electron chi connectivity index (χ1n) is 9.18. The van der Waals surface area contributed by atoms with Gasteiger partial charge in [0.1, 0.15) is 18.3 Å². The summed E-state index contributed by atoms with van der Waals surface area (Å²) in [5, 5.41) is 5.80. The molecule has 27 heavy (non-hydrogen) atoms. The number of ether oxygens (including phenoxy) is 5. The summed E-state index contributed by atoms with van der Waals surface area (Å²) in [5.74, 6) is -1.47. The number of carbonyl (C=O) groups excluding carboxylic acids is 1. The number of nitrogens with one attached hydrogen (secondary N) is 2. The molecular weight excluding hydrogens is 352 g/mol. The van der Waals surface area contributed by atoms with Gasteiger partial charge in [0, 0.05) is 5.69 Å². The molecule has 3 saturated heterocycles. The van der Waals surface area contributed by atoms with Crippen LogP contribution in [0.1, 0.15) is 27.7 Å². The Morgan fingerprint density at radius 3 is 2.41 bits per heavy atom. The molecule has 0 saturated carbocycles. The average molecular weight is 378 g/mol. The number of hydrogen-bond acceptors (Lipinski definition) is 6. The van der Waals surface area contributed by atoms with Gasteiger partial charge in [-0.05, 0) is 39.8 Å². The molecule has 0 bridgehead atoms. The van der Waals surface area contributed by atoms with E-state index in [9.17, 15) is 4.79 Å². The third kappa shape index (κ3) is 3.95. The molecule has 1 aromatic rings. The molecule has 8 heteroatoms. The van der Waals surface area contributed by atoms with Crippen molar-refractivity contribution in [2.45, 2.75) is 69.9 Å². The van der Waals surface area contributed by atoms with Crippen molar-refractivity contribution in [1.29, 1.82) is 0 Å². The minimum atomic E-state index is -0.775. The molecule has 0 radical (unpaired) electrons. The Kier molecular flexibility index (Phi) is 4.64. The van der Waals surface area contributed by atoms with E-state index in [1.165, 1.54) is 0 Å². The first kappa shape index (κ1) is 18.6. The highest BCUT2D eigenvalue weighted by Gasteiger charge is 2.58. The van der Waals surface area contributed by atoms with Crippen molar-refractivity contribution in [1.82, 2.24) is 5.32 Å². The van der Waals surface area contributed by atoms with Crippen molar-refractivity contribution in [3.05, 3.63) is 30.3 Å². The molecule has 2 N–H and O–H groups in total. The standard InChI is InChI=1S/C19H26N2O6/c1-18(2)23-10-12(25-18)14-13(15-16(24-14)27-19(3,4)26-15)21-17(22)20-11-8-6-5-7-9-11/h5-9,12-16H,10H2,1-4H3,(H2,20,21,22)/t12-,13+,14-,15-,16?/m1/s1. The van der Waals surface area contributed by atoms with Crippen LogP contribution in [-0.2, 0) is 23.7 Å². The van der Waals surface area contributed by atoms with Gasteiger partial charge in [-0.1, -0.05) is 18.2 Å². The molecule has 1 aromatic carbocycles. The average Bonchev–Trinajstić information content (AvgIpc) is 3.19. The lowest BCUT2D eigenvalue weighted by Gasteiger charge is -2.29. The third-order valence-electron chi connectivity index (χ3n) is 4.81. The van der Waals surface area contributed by atoms with Crippen LogP contribution in [-0.4, -0.2) is 54.9 Å². The summed E-state index contributed by atoms with van der Waals surface area (Å²) in [6, 6.07) is 8.46. The molecule has 8 nitrogen and oxygen atoms in total. The number of amides is 2. The fourth-order valence-electron chi connectivity index (χ4n) is 3.73. The Labute approximate surface area is 158 Å². The minimum absolute atomic E-state index is 0.331. The first-order valence-corrected chi connectivity index (χ1v) is 9.18. The smallest absolute Gasteiger partial charge is 0.319 e. The van der Waals surface area contributed by atoms with E-state index < -0.39 is 36.1 Å². The van der Waals surface area contributed by atoms with Gasteiger partial charge in [-0.3, -0.25) is 0 Å². The molecule has 3 heterocycles. The third-order valence-corrected chi connectivity index (χ3v) is 4.81. The van der Waals surface area contributed by atoms with Crippen LogP contribution in [0.5, 0.6) is 0 Å². The molecular formula is C19H26N2O6. The van der Waals surface area contributed by atoms with Crippen LogP contribution in [0.4, 0.5) is 10.5 Å². The van der Waals surface area contributed by atoms with E-state index in [0.717, 1.165) is 0 Å². The van der Waals surface area contributed by atoms with Gasteiger partial charge in [-0.2, -0.15) is 0 Å². The quantitative estimate of drug-likeness (QED) is 0.839. The summed E-state index contributed by atoms with van der Waals surface area (Å²) in [6.07, 6.45) is -1.78. The van der Waals surface area contributed by atoms with Crippen molar-refractivity contribution >= 4 is 11.7 Å². The zero-order valence-electron chi connectivity index (χ0n) is 15.9. The van der Waals surface area contributed by atoms with Gasteiger partial charge in [0.25, 0.3) is 0 Å². The van der Waals surface area contributed by atoms with E-state index in [0.29, 0.717) is 12.3 Å². The van der Waals surface area contributed by atoms with Gasteiger partial charge in [-0.15, -0.1) is 0 Å². The van der Waals surface area contributed by atoms with Crippen LogP contribution in [0.25, 0.3) is 0 Å². The topological polar surface area (TPSA) is 87.3 Å². The number of fused-ring (bicyclic) bond motifs is 1. The molecule has 1 unspecified atom stereocenters. The lowest BCUT2D eigenvalue weighted by Crippen LogP contribution is -2.53. The van der Waals surface area contributed by atoms with Crippen LogP contribution < -0.4 is 10.6 Å². The van der Waals surface area contributed by atoms with Gasteiger partial charge < -0.3 is 34.3 Å². The normalized spacial score (nSPS) is 36.4. The van der Waals surface area contributed by atoms with Crippen LogP contribution in [0.3, 0.4) is 0 Å². The van der Waals surface area contributed by atoms with E-state index in [4.69, 9.17) is 23.7 Å². The van der Waals surface area contributed by atoms with Crippen molar-refractivity contribution in [2.24, 2.45) is 0 Å².